The fraction of sp³-hybridized carbons (Fsp3) is 0.400. The van der Waals surface area contributed by atoms with Crippen LogP contribution in [0.2, 0.25) is 0 Å². The molecule has 0 aliphatic carbocycles. The number of hydrogen-bond acceptors (Lipinski definition) is 5. The summed E-state index contributed by atoms with van der Waals surface area (Å²) in [6.07, 6.45) is 9.65. The van der Waals surface area contributed by atoms with E-state index in [9.17, 15) is 9.59 Å². The molecule has 30 heavy (non-hydrogen) atoms. The molecule has 0 spiro atoms. The molecule has 0 atom stereocenters. The Morgan fingerprint density at radius 3 is 2.77 bits per heavy atom. The molecule has 0 saturated carbocycles. The maximum atomic E-state index is 12.9. The molecule has 4 rings (SSSR count). The Morgan fingerprint density at radius 2 is 2.03 bits per heavy atom. The number of nitrogens with zero attached hydrogens (tertiary/aromatic N) is 4. The van der Waals surface area contributed by atoms with Gasteiger partial charge in [0.05, 0.1) is 5.69 Å². The molecule has 2 N–H and O–H groups in total. The molecule has 3 aromatic rings. The Kier molecular flexibility index (Phi) is 8.40. The molecule has 4 heterocycles. The molecule has 0 radical (unpaired) electrons. The van der Waals surface area contributed by atoms with Crippen LogP contribution in [0.25, 0.3) is 5.78 Å². The Morgan fingerprint density at radius 1 is 1.27 bits per heavy atom. The molecular formula is C20H26Cl2N6O2. The number of piperidine rings is 1. The van der Waals surface area contributed by atoms with Crippen molar-refractivity contribution >= 4 is 36.5 Å². The van der Waals surface area contributed by atoms with Crippen LogP contribution in [0, 0.1) is 6.92 Å². The van der Waals surface area contributed by atoms with Crippen LogP contribution >= 0.6 is 24.8 Å². The number of fused-ring (bicyclic) bond motifs is 1. The smallest absolute Gasteiger partial charge is 0.263 e. The van der Waals surface area contributed by atoms with Gasteiger partial charge in [0, 0.05) is 43.8 Å². The third-order valence-corrected chi connectivity index (χ3v) is 5.21. The van der Waals surface area contributed by atoms with Gasteiger partial charge >= 0.3 is 0 Å². The Bertz CT molecular complexity index is 1030. The second-order valence-corrected chi connectivity index (χ2v) is 7.13. The first-order valence-corrected chi connectivity index (χ1v) is 9.63. The van der Waals surface area contributed by atoms with E-state index in [2.05, 4.69) is 20.6 Å². The van der Waals surface area contributed by atoms with Crippen molar-refractivity contribution in [3.05, 3.63) is 64.1 Å². The van der Waals surface area contributed by atoms with Crippen LogP contribution in [0.4, 0.5) is 0 Å². The van der Waals surface area contributed by atoms with Gasteiger partial charge in [-0.15, -0.1) is 24.8 Å². The number of aryl methyl sites for hydroxylation is 1. The van der Waals surface area contributed by atoms with E-state index in [1.165, 1.54) is 0 Å². The van der Waals surface area contributed by atoms with Gasteiger partial charge in [-0.1, -0.05) is 0 Å². The van der Waals surface area contributed by atoms with Crippen LogP contribution in [0.5, 0.6) is 0 Å². The summed E-state index contributed by atoms with van der Waals surface area (Å²) < 4.78 is 3.56. The van der Waals surface area contributed by atoms with Crippen LogP contribution < -0.4 is 16.2 Å². The highest BCUT2D eigenvalue weighted by Gasteiger charge is 2.21. The van der Waals surface area contributed by atoms with E-state index in [1.54, 1.807) is 17.7 Å². The highest BCUT2D eigenvalue weighted by Crippen LogP contribution is 2.17. The van der Waals surface area contributed by atoms with Gasteiger partial charge in [-0.25, -0.2) is 9.97 Å². The number of rotatable bonds is 5. The van der Waals surface area contributed by atoms with E-state index in [4.69, 9.17) is 0 Å². The summed E-state index contributed by atoms with van der Waals surface area (Å²) in [5.74, 6) is 0.306. The van der Waals surface area contributed by atoms with Crippen molar-refractivity contribution in [2.45, 2.75) is 32.2 Å². The van der Waals surface area contributed by atoms with Gasteiger partial charge in [-0.05, 0) is 50.6 Å². The van der Waals surface area contributed by atoms with Crippen LogP contribution in [0.15, 0.2) is 41.7 Å². The predicted octanol–water partition coefficient (Wildman–Crippen LogP) is 1.94. The van der Waals surface area contributed by atoms with Crippen molar-refractivity contribution in [3.8, 4) is 0 Å². The number of aromatic nitrogens is 4. The van der Waals surface area contributed by atoms with E-state index in [0.29, 0.717) is 24.3 Å². The van der Waals surface area contributed by atoms with E-state index < -0.39 is 0 Å². The highest BCUT2D eigenvalue weighted by molar-refractivity contribution is 5.95. The lowest BCUT2D eigenvalue weighted by Gasteiger charge is -2.25. The summed E-state index contributed by atoms with van der Waals surface area (Å²) in [7, 11) is 0. The zero-order chi connectivity index (χ0) is 19.5. The van der Waals surface area contributed by atoms with Gasteiger partial charge in [-0.3, -0.25) is 14.0 Å². The summed E-state index contributed by atoms with van der Waals surface area (Å²) in [6, 6.07) is 3.84. The largest absolute Gasteiger partial charge is 0.351 e. The van der Waals surface area contributed by atoms with E-state index in [0.717, 1.165) is 31.6 Å². The maximum Gasteiger partial charge on any atom is 0.263 e. The first kappa shape index (κ1) is 23.9. The topological polar surface area (TPSA) is 93.3 Å². The third kappa shape index (κ3) is 5.00. The molecule has 1 aliphatic heterocycles. The normalized spacial score (nSPS) is 14.0. The monoisotopic (exact) mass is 452 g/mol. The number of imidazole rings is 1. The number of hydrogen-bond donors (Lipinski definition) is 2. The number of nitrogens with one attached hydrogen (secondary N) is 2. The number of carbonyl (C=O) groups excluding carboxylic acids is 1. The van der Waals surface area contributed by atoms with Crippen molar-refractivity contribution in [2.75, 3.05) is 19.6 Å². The lowest BCUT2D eigenvalue weighted by molar-refractivity contribution is 0.0951. The third-order valence-electron chi connectivity index (χ3n) is 5.21. The summed E-state index contributed by atoms with van der Waals surface area (Å²) in [5.41, 5.74) is 1.57. The average Bonchev–Trinajstić information content (AvgIpc) is 3.11. The minimum Gasteiger partial charge on any atom is -0.351 e. The summed E-state index contributed by atoms with van der Waals surface area (Å²) in [5, 5.41) is 6.17. The van der Waals surface area contributed by atoms with Crippen molar-refractivity contribution < 1.29 is 4.79 Å². The lowest BCUT2D eigenvalue weighted by atomic mass is 10.0. The van der Waals surface area contributed by atoms with Gasteiger partial charge in [0.2, 0.25) is 5.78 Å². The average molecular weight is 453 g/mol. The SMILES string of the molecule is Cc1ccn(C2CCNCC2)c(=O)c1C(=O)NCCc1cn2cccnc2n1.Cl.Cl. The molecular weight excluding hydrogens is 427 g/mol. The number of pyridine rings is 1. The first-order valence-electron chi connectivity index (χ1n) is 9.63. The van der Waals surface area contributed by atoms with Gasteiger partial charge in [0.15, 0.2) is 0 Å². The zero-order valence-electron chi connectivity index (χ0n) is 16.7. The van der Waals surface area contributed by atoms with E-state index in [-0.39, 0.29) is 47.9 Å². The first-order chi connectivity index (χ1) is 13.6. The minimum absolute atomic E-state index is 0. The quantitative estimate of drug-likeness (QED) is 0.616. The number of amides is 1. The standard InChI is InChI=1S/C20H24N6O2.2ClH/c1-14-6-12-26(16-4-8-21-9-5-16)19(28)17(14)18(27)22-10-3-15-13-25-11-2-7-23-20(25)24-15;;/h2,6-7,11-13,16,21H,3-5,8-10H2,1H3,(H,22,27);2*1H. The van der Waals surface area contributed by atoms with Crippen LogP contribution in [0.3, 0.4) is 0 Å². The fourth-order valence-corrected chi connectivity index (χ4v) is 3.68. The molecule has 1 aliphatic rings. The van der Waals surface area contributed by atoms with Crippen molar-refractivity contribution in [1.82, 2.24) is 29.6 Å². The van der Waals surface area contributed by atoms with Gasteiger partial charge in [0.1, 0.15) is 5.56 Å². The van der Waals surface area contributed by atoms with Crippen LogP contribution in [0.1, 0.15) is 40.5 Å². The second-order valence-electron chi connectivity index (χ2n) is 7.13. The Hall–Kier alpha value is -2.42. The maximum absolute atomic E-state index is 12.9. The predicted molar refractivity (Wildman–Crippen MR) is 120 cm³/mol. The van der Waals surface area contributed by atoms with Gasteiger partial charge in [0.25, 0.3) is 11.5 Å². The van der Waals surface area contributed by atoms with E-state index in [1.807, 2.05) is 35.1 Å². The number of carbonyl (C=O) groups is 1. The molecule has 0 unspecified atom stereocenters. The summed E-state index contributed by atoms with van der Waals surface area (Å²) in [6.45, 7) is 3.99. The van der Waals surface area contributed by atoms with Crippen molar-refractivity contribution in [1.29, 1.82) is 0 Å². The van der Waals surface area contributed by atoms with E-state index >= 15 is 0 Å². The molecule has 8 nitrogen and oxygen atoms in total. The van der Waals surface area contributed by atoms with Crippen molar-refractivity contribution in [2.24, 2.45) is 0 Å². The fourth-order valence-electron chi connectivity index (χ4n) is 3.68. The summed E-state index contributed by atoms with van der Waals surface area (Å²) >= 11 is 0. The molecule has 162 valence electrons. The van der Waals surface area contributed by atoms with Gasteiger partial charge in [-0.2, -0.15) is 0 Å². The Labute approximate surface area is 186 Å². The molecule has 10 heteroatoms. The molecule has 1 saturated heterocycles. The Balaban J connectivity index is 0.00000160. The molecule has 0 aromatic carbocycles. The highest BCUT2D eigenvalue weighted by atomic mass is 35.5. The van der Waals surface area contributed by atoms with Crippen molar-refractivity contribution in [3.63, 3.8) is 0 Å². The molecule has 1 amide bonds. The van der Waals surface area contributed by atoms with Gasteiger partial charge < -0.3 is 15.2 Å². The van der Waals surface area contributed by atoms with Crippen LogP contribution in [-0.4, -0.2) is 44.5 Å². The second kappa shape index (κ2) is 10.6. The summed E-state index contributed by atoms with van der Waals surface area (Å²) in [4.78, 5) is 34.3. The zero-order valence-corrected chi connectivity index (χ0v) is 18.3. The molecule has 3 aromatic heterocycles. The molecule has 0 bridgehead atoms. The lowest BCUT2D eigenvalue weighted by Crippen LogP contribution is -2.38. The minimum atomic E-state index is -0.326. The van der Waals surface area contributed by atoms with Crippen LogP contribution in [-0.2, 0) is 6.42 Å². The number of halogens is 2. The molecule has 1 fully saturated rings.